The lowest BCUT2D eigenvalue weighted by Gasteiger charge is -2.07. The largest absolute Gasteiger partial charge is 0.495 e. The molecule has 8 nitrogen and oxygen atoms in total. The second-order valence-corrected chi connectivity index (χ2v) is 4.17. The molecular formula is C13H11N5O3. The van der Waals surface area contributed by atoms with Crippen molar-refractivity contribution >= 4 is 23.4 Å². The third-order valence-electron chi connectivity index (χ3n) is 2.87. The predicted molar refractivity (Wildman–Crippen MR) is 74.9 cm³/mol. The zero-order chi connectivity index (χ0) is 14.8. The molecule has 0 spiro atoms. The summed E-state index contributed by atoms with van der Waals surface area (Å²) in [4.78, 5) is 30.1. The highest BCUT2D eigenvalue weighted by molar-refractivity contribution is 6.12. The predicted octanol–water partition coefficient (Wildman–Crippen LogP) is -0.436. The molecule has 1 amide bonds. The maximum Gasteiger partial charge on any atom is 0.277 e. The number of imidazole rings is 1. The van der Waals surface area contributed by atoms with Crippen LogP contribution in [0.3, 0.4) is 0 Å². The molecule has 3 aromatic rings. The van der Waals surface area contributed by atoms with Gasteiger partial charge in [-0.05, 0) is 12.1 Å². The van der Waals surface area contributed by atoms with Gasteiger partial charge in [0.1, 0.15) is 17.4 Å². The lowest BCUT2D eigenvalue weighted by atomic mass is 10.3. The first-order valence-corrected chi connectivity index (χ1v) is 6.06. The Balaban J connectivity index is 1.96. The van der Waals surface area contributed by atoms with Crippen molar-refractivity contribution in [2.24, 2.45) is 0 Å². The van der Waals surface area contributed by atoms with Crippen molar-refractivity contribution in [3.63, 3.8) is 0 Å². The van der Waals surface area contributed by atoms with Crippen LogP contribution in [0, 0.1) is 0 Å². The van der Waals surface area contributed by atoms with Gasteiger partial charge < -0.3 is 10.1 Å². The number of ether oxygens (including phenoxy) is 1. The van der Waals surface area contributed by atoms with E-state index in [-0.39, 0.29) is 11.1 Å². The fraction of sp³-hybridized carbons (Fsp3) is 0.0769. The summed E-state index contributed by atoms with van der Waals surface area (Å²) in [5, 5.41) is 6.63. The van der Waals surface area contributed by atoms with E-state index in [1.165, 1.54) is 18.0 Å². The monoisotopic (exact) mass is 285 g/mol. The number of fused-ring (bicyclic) bond motifs is 1. The van der Waals surface area contributed by atoms with Crippen LogP contribution in [-0.4, -0.2) is 32.6 Å². The molecule has 2 heterocycles. The fourth-order valence-electron chi connectivity index (χ4n) is 1.93. The smallest absolute Gasteiger partial charge is 0.277 e. The zero-order valence-corrected chi connectivity index (χ0v) is 11.0. The molecule has 0 aliphatic heterocycles. The van der Waals surface area contributed by atoms with Gasteiger partial charge in [0.2, 0.25) is 5.78 Å². The summed E-state index contributed by atoms with van der Waals surface area (Å²) in [6.07, 6.45) is 2.45. The molecule has 2 aromatic heterocycles. The van der Waals surface area contributed by atoms with Crippen LogP contribution in [0.15, 0.2) is 35.4 Å². The van der Waals surface area contributed by atoms with E-state index in [1.54, 1.807) is 24.3 Å². The lowest BCUT2D eigenvalue weighted by molar-refractivity contribution is -0.110. The van der Waals surface area contributed by atoms with Gasteiger partial charge in [-0.1, -0.05) is 12.1 Å². The van der Waals surface area contributed by atoms with E-state index >= 15 is 0 Å². The van der Waals surface area contributed by atoms with E-state index in [2.05, 4.69) is 20.4 Å². The van der Waals surface area contributed by atoms with Crippen LogP contribution in [-0.2, 0) is 4.79 Å². The molecule has 0 bridgehead atoms. The first-order chi connectivity index (χ1) is 10.2. The Labute approximate surface area is 118 Å². The number of rotatable bonds is 3. The maximum absolute atomic E-state index is 12.0. The average molecular weight is 285 g/mol. The molecule has 0 saturated heterocycles. The Bertz CT molecular complexity index is 911. The Morgan fingerprint density at radius 3 is 3.05 bits per heavy atom. The van der Waals surface area contributed by atoms with Gasteiger partial charge >= 0.3 is 0 Å². The van der Waals surface area contributed by atoms with Crippen LogP contribution in [0.25, 0.3) is 11.9 Å². The molecule has 0 radical (unpaired) electrons. The topological polar surface area (TPSA) is 101 Å². The van der Waals surface area contributed by atoms with Crippen LogP contribution >= 0.6 is 0 Å². The number of methoxy groups -OCH3 is 1. The molecule has 106 valence electrons. The van der Waals surface area contributed by atoms with Gasteiger partial charge in [-0.3, -0.25) is 14.6 Å². The highest BCUT2D eigenvalue weighted by Crippen LogP contribution is 2.22. The Morgan fingerprint density at radius 1 is 1.43 bits per heavy atom. The second-order valence-electron chi connectivity index (χ2n) is 4.17. The van der Waals surface area contributed by atoms with Gasteiger partial charge in [0.25, 0.3) is 11.5 Å². The quantitative estimate of drug-likeness (QED) is 0.679. The van der Waals surface area contributed by atoms with Gasteiger partial charge in [-0.15, -0.1) is 0 Å². The average Bonchev–Trinajstić information content (AvgIpc) is 3.03. The molecule has 0 unspecified atom stereocenters. The van der Waals surface area contributed by atoms with E-state index in [4.69, 9.17) is 4.74 Å². The third kappa shape index (κ3) is 2.34. The molecule has 2 N–H and O–H groups in total. The van der Waals surface area contributed by atoms with Crippen molar-refractivity contribution in [3.8, 4) is 5.75 Å². The Hall–Kier alpha value is -3.16. The number of hydrogen-bond donors (Lipinski definition) is 2. The first kappa shape index (κ1) is 12.9. The van der Waals surface area contributed by atoms with Gasteiger partial charge in [0.15, 0.2) is 0 Å². The molecule has 8 heteroatoms. The van der Waals surface area contributed by atoms with Crippen molar-refractivity contribution in [1.82, 2.24) is 19.6 Å². The SMILES string of the molecule is COc1ccccc1NC(=O)/C=c1\c(=O)[nH]c2ncnn12. The number of benzene rings is 1. The normalized spacial score (nSPS) is 11.8. The summed E-state index contributed by atoms with van der Waals surface area (Å²) in [5.41, 5.74) is 0.0832. The number of hydrogen-bond acceptors (Lipinski definition) is 5. The Kier molecular flexibility index (Phi) is 3.11. The number of nitrogens with one attached hydrogen (secondary N) is 2. The minimum atomic E-state index is -0.465. The number of para-hydroxylation sites is 2. The summed E-state index contributed by atoms with van der Waals surface area (Å²) < 4.78 is 6.41. The Morgan fingerprint density at radius 2 is 2.24 bits per heavy atom. The van der Waals surface area contributed by atoms with E-state index in [9.17, 15) is 9.59 Å². The van der Waals surface area contributed by atoms with Crippen molar-refractivity contribution in [1.29, 1.82) is 0 Å². The highest BCUT2D eigenvalue weighted by Gasteiger charge is 2.08. The van der Waals surface area contributed by atoms with Crippen LogP contribution in [0.2, 0.25) is 0 Å². The van der Waals surface area contributed by atoms with E-state index < -0.39 is 11.5 Å². The van der Waals surface area contributed by atoms with Crippen molar-refractivity contribution < 1.29 is 9.53 Å². The standard InChI is InChI=1S/C13H11N5O3/c1-21-10-5-3-2-4-8(10)16-11(19)6-9-12(20)17-13-14-7-15-18(9)13/h2-7H,1H3,(H,16,19)(H,14,15,17,20)/b9-6+. The molecule has 3 rings (SSSR count). The molecular weight excluding hydrogens is 274 g/mol. The number of H-pyrrole nitrogens is 1. The number of amides is 1. The minimum Gasteiger partial charge on any atom is -0.495 e. The summed E-state index contributed by atoms with van der Waals surface area (Å²) in [7, 11) is 1.51. The number of anilines is 1. The van der Waals surface area contributed by atoms with Crippen molar-refractivity contribution in [3.05, 3.63) is 46.3 Å². The van der Waals surface area contributed by atoms with Gasteiger partial charge in [0, 0.05) is 6.08 Å². The third-order valence-corrected chi connectivity index (χ3v) is 2.87. The number of carbonyl (C=O) groups excluding carboxylic acids is 1. The molecule has 1 aromatic carbocycles. The zero-order valence-electron chi connectivity index (χ0n) is 11.0. The number of aromatic amines is 1. The summed E-state index contributed by atoms with van der Waals surface area (Å²) in [5.74, 6) is 0.353. The molecule has 0 aliphatic rings. The summed E-state index contributed by atoms with van der Waals surface area (Å²) >= 11 is 0. The highest BCUT2D eigenvalue weighted by atomic mass is 16.5. The summed E-state index contributed by atoms with van der Waals surface area (Å²) in [6.45, 7) is 0. The summed E-state index contributed by atoms with van der Waals surface area (Å²) in [6, 6.07) is 6.98. The fourth-order valence-corrected chi connectivity index (χ4v) is 1.93. The molecule has 0 fully saturated rings. The number of nitrogens with zero attached hydrogens (tertiary/aromatic N) is 3. The number of aromatic nitrogens is 4. The second kappa shape index (κ2) is 5.08. The van der Waals surface area contributed by atoms with Crippen LogP contribution in [0.4, 0.5) is 5.69 Å². The van der Waals surface area contributed by atoms with Gasteiger partial charge in [-0.25, -0.2) is 0 Å². The van der Waals surface area contributed by atoms with Crippen LogP contribution < -0.4 is 21.0 Å². The lowest BCUT2D eigenvalue weighted by Crippen LogP contribution is -2.29. The van der Waals surface area contributed by atoms with Gasteiger partial charge in [-0.2, -0.15) is 14.6 Å². The van der Waals surface area contributed by atoms with Crippen molar-refractivity contribution in [2.75, 3.05) is 12.4 Å². The van der Waals surface area contributed by atoms with E-state index in [0.29, 0.717) is 11.4 Å². The van der Waals surface area contributed by atoms with Crippen molar-refractivity contribution in [2.45, 2.75) is 0 Å². The molecule has 0 aliphatic carbocycles. The maximum atomic E-state index is 12.0. The molecule has 21 heavy (non-hydrogen) atoms. The van der Waals surface area contributed by atoms with E-state index in [1.807, 2.05) is 0 Å². The molecule has 0 atom stereocenters. The minimum absolute atomic E-state index is 0.106. The first-order valence-electron chi connectivity index (χ1n) is 6.06. The van der Waals surface area contributed by atoms with Gasteiger partial charge in [0.05, 0.1) is 12.8 Å². The van der Waals surface area contributed by atoms with Crippen LogP contribution in [0.1, 0.15) is 0 Å². The number of carbonyl (C=O) groups is 1. The molecule has 0 saturated carbocycles. The van der Waals surface area contributed by atoms with E-state index in [0.717, 1.165) is 6.08 Å². The van der Waals surface area contributed by atoms with Crippen LogP contribution in [0.5, 0.6) is 5.75 Å².